The summed E-state index contributed by atoms with van der Waals surface area (Å²) in [4.78, 5) is 21.1. The molecule has 1 aromatic carbocycles. The summed E-state index contributed by atoms with van der Waals surface area (Å²) < 4.78 is 0. The van der Waals surface area contributed by atoms with Crippen LogP contribution < -0.4 is 5.32 Å². The minimum atomic E-state index is -0.0448. The molecule has 0 unspecified atom stereocenters. The van der Waals surface area contributed by atoms with E-state index in [0.717, 1.165) is 38.4 Å². The van der Waals surface area contributed by atoms with Gasteiger partial charge in [0.1, 0.15) is 5.69 Å². The number of hydrogen-bond acceptors (Lipinski definition) is 4. The highest BCUT2D eigenvalue weighted by molar-refractivity contribution is 6.43. The number of aromatic nitrogens is 1. The van der Waals surface area contributed by atoms with E-state index in [1.165, 1.54) is 0 Å². The molecule has 25 heavy (non-hydrogen) atoms. The molecule has 1 N–H and O–H groups in total. The number of anilines is 2. The fourth-order valence-electron chi connectivity index (χ4n) is 2.81. The minimum absolute atomic E-state index is 0.0448. The van der Waals surface area contributed by atoms with Crippen LogP contribution in [0, 0.1) is 0 Å². The fraction of sp³-hybridized carbons (Fsp3) is 0.333. The second-order valence-corrected chi connectivity index (χ2v) is 6.67. The van der Waals surface area contributed by atoms with E-state index in [1.54, 1.807) is 24.4 Å². The maximum Gasteiger partial charge on any atom is 0.272 e. The molecule has 2 aromatic rings. The SMILES string of the molecule is CCN1CCN(C(=O)c2cc(Nc3cccc(Cl)c3Cl)ccn2)CC1. The van der Waals surface area contributed by atoms with Crippen LogP contribution in [0.4, 0.5) is 11.4 Å². The molecule has 1 amide bonds. The molecule has 1 aliphatic rings. The van der Waals surface area contributed by atoms with Crippen molar-refractivity contribution in [2.75, 3.05) is 38.0 Å². The van der Waals surface area contributed by atoms with Gasteiger partial charge in [-0.25, -0.2) is 0 Å². The van der Waals surface area contributed by atoms with Gasteiger partial charge in [-0.3, -0.25) is 9.78 Å². The number of carbonyl (C=O) groups is 1. The Kier molecular flexibility index (Phi) is 5.78. The Morgan fingerprint density at radius 2 is 1.96 bits per heavy atom. The Labute approximate surface area is 157 Å². The Morgan fingerprint density at radius 3 is 2.68 bits per heavy atom. The molecule has 1 aromatic heterocycles. The molecule has 0 spiro atoms. The van der Waals surface area contributed by atoms with Crippen LogP contribution in [0.25, 0.3) is 0 Å². The smallest absolute Gasteiger partial charge is 0.272 e. The van der Waals surface area contributed by atoms with E-state index in [4.69, 9.17) is 23.2 Å². The maximum atomic E-state index is 12.7. The van der Waals surface area contributed by atoms with Crippen LogP contribution in [0.5, 0.6) is 0 Å². The van der Waals surface area contributed by atoms with Gasteiger partial charge in [-0.2, -0.15) is 0 Å². The number of hydrogen-bond donors (Lipinski definition) is 1. The average Bonchev–Trinajstić information content (AvgIpc) is 2.65. The van der Waals surface area contributed by atoms with Crippen molar-refractivity contribution in [2.24, 2.45) is 0 Å². The first-order chi connectivity index (χ1) is 12.1. The fourth-order valence-corrected chi connectivity index (χ4v) is 3.16. The molecule has 0 radical (unpaired) electrons. The van der Waals surface area contributed by atoms with Crippen LogP contribution in [0.15, 0.2) is 36.5 Å². The average molecular weight is 379 g/mol. The number of benzene rings is 1. The van der Waals surface area contributed by atoms with E-state index in [2.05, 4.69) is 22.1 Å². The van der Waals surface area contributed by atoms with E-state index in [0.29, 0.717) is 21.4 Å². The van der Waals surface area contributed by atoms with E-state index in [1.807, 2.05) is 17.0 Å². The summed E-state index contributed by atoms with van der Waals surface area (Å²) in [6.07, 6.45) is 1.62. The number of nitrogens with one attached hydrogen (secondary N) is 1. The number of rotatable bonds is 4. The summed E-state index contributed by atoms with van der Waals surface area (Å²) in [6.45, 7) is 6.41. The third-order valence-corrected chi connectivity index (χ3v) is 5.14. The van der Waals surface area contributed by atoms with Crippen molar-refractivity contribution >= 4 is 40.5 Å². The van der Waals surface area contributed by atoms with Crippen molar-refractivity contribution in [1.29, 1.82) is 0 Å². The van der Waals surface area contributed by atoms with Crippen molar-refractivity contribution in [3.63, 3.8) is 0 Å². The Bertz CT molecular complexity index is 760. The number of piperazine rings is 1. The van der Waals surface area contributed by atoms with Crippen LogP contribution in [0.2, 0.25) is 10.0 Å². The van der Waals surface area contributed by atoms with Gasteiger partial charge >= 0.3 is 0 Å². The molecule has 2 heterocycles. The molecule has 0 aliphatic carbocycles. The second-order valence-electron chi connectivity index (χ2n) is 5.88. The summed E-state index contributed by atoms with van der Waals surface area (Å²) in [5.74, 6) is -0.0448. The van der Waals surface area contributed by atoms with Crippen LogP contribution in [0.1, 0.15) is 17.4 Å². The summed E-state index contributed by atoms with van der Waals surface area (Å²) in [5.41, 5.74) is 1.86. The first-order valence-corrected chi connectivity index (χ1v) is 9.03. The minimum Gasteiger partial charge on any atom is -0.354 e. The van der Waals surface area contributed by atoms with Gasteiger partial charge in [-0.05, 0) is 30.8 Å². The number of pyridine rings is 1. The van der Waals surface area contributed by atoms with Gasteiger partial charge in [0.25, 0.3) is 5.91 Å². The van der Waals surface area contributed by atoms with Crippen LogP contribution >= 0.6 is 23.2 Å². The first kappa shape index (κ1) is 18.0. The zero-order valence-corrected chi connectivity index (χ0v) is 15.5. The van der Waals surface area contributed by atoms with E-state index in [-0.39, 0.29) is 5.91 Å². The largest absolute Gasteiger partial charge is 0.354 e. The summed E-state index contributed by atoms with van der Waals surface area (Å²) in [5, 5.41) is 4.12. The van der Waals surface area contributed by atoms with Gasteiger partial charge in [0.2, 0.25) is 0 Å². The number of halogens is 2. The second kappa shape index (κ2) is 8.04. The number of likely N-dealkylation sites (N-methyl/N-ethyl adjacent to an activating group) is 1. The molecule has 1 fully saturated rings. The van der Waals surface area contributed by atoms with Gasteiger partial charge in [0, 0.05) is 38.1 Å². The maximum absolute atomic E-state index is 12.7. The van der Waals surface area contributed by atoms with Crippen molar-refractivity contribution in [3.05, 3.63) is 52.3 Å². The molecule has 1 saturated heterocycles. The molecule has 5 nitrogen and oxygen atoms in total. The van der Waals surface area contributed by atoms with Crippen molar-refractivity contribution < 1.29 is 4.79 Å². The lowest BCUT2D eigenvalue weighted by atomic mass is 10.2. The molecule has 132 valence electrons. The first-order valence-electron chi connectivity index (χ1n) is 8.27. The molecular formula is C18H20Cl2N4O. The molecule has 7 heteroatoms. The normalized spacial score (nSPS) is 15.2. The highest BCUT2D eigenvalue weighted by Crippen LogP contribution is 2.31. The predicted molar refractivity (Wildman–Crippen MR) is 102 cm³/mol. The zero-order chi connectivity index (χ0) is 17.8. The molecule has 0 bridgehead atoms. The lowest BCUT2D eigenvalue weighted by Crippen LogP contribution is -2.48. The van der Waals surface area contributed by atoms with E-state index < -0.39 is 0 Å². The number of amides is 1. The van der Waals surface area contributed by atoms with Gasteiger partial charge in [0.05, 0.1) is 15.7 Å². The molecular weight excluding hydrogens is 359 g/mol. The van der Waals surface area contributed by atoms with E-state index >= 15 is 0 Å². The Morgan fingerprint density at radius 1 is 1.20 bits per heavy atom. The summed E-state index contributed by atoms with van der Waals surface area (Å²) in [6, 6.07) is 8.92. The molecule has 3 rings (SSSR count). The van der Waals surface area contributed by atoms with Gasteiger partial charge in [0.15, 0.2) is 0 Å². The molecule has 0 saturated carbocycles. The third-order valence-electron chi connectivity index (χ3n) is 4.32. The van der Waals surface area contributed by atoms with Crippen molar-refractivity contribution in [2.45, 2.75) is 6.92 Å². The Balaban J connectivity index is 1.73. The lowest BCUT2D eigenvalue weighted by molar-refractivity contribution is 0.0637. The topological polar surface area (TPSA) is 48.5 Å². The summed E-state index contributed by atoms with van der Waals surface area (Å²) in [7, 11) is 0. The predicted octanol–water partition coefficient (Wildman–Crippen LogP) is 3.91. The van der Waals surface area contributed by atoms with Crippen molar-refractivity contribution in [3.8, 4) is 0 Å². The highest BCUT2D eigenvalue weighted by Gasteiger charge is 2.22. The van der Waals surface area contributed by atoms with Gasteiger partial charge in [-0.15, -0.1) is 0 Å². The number of nitrogens with zero attached hydrogens (tertiary/aromatic N) is 3. The van der Waals surface area contributed by atoms with Crippen LogP contribution in [-0.4, -0.2) is 53.4 Å². The highest BCUT2D eigenvalue weighted by atomic mass is 35.5. The molecule has 0 atom stereocenters. The quantitative estimate of drug-likeness (QED) is 0.875. The van der Waals surface area contributed by atoms with Gasteiger partial charge < -0.3 is 15.1 Å². The van der Waals surface area contributed by atoms with Gasteiger partial charge in [-0.1, -0.05) is 36.2 Å². The van der Waals surface area contributed by atoms with Crippen LogP contribution in [-0.2, 0) is 0 Å². The Hall–Kier alpha value is -1.82. The number of carbonyl (C=O) groups excluding carboxylic acids is 1. The van der Waals surface area contributed by atoms with E-state index in [9.17, 15) is 4.79 Å². The van der Waals surface area contributed by atoms with Crippen LogP contribution in [0.3, 0.4) is 0 Å². The zero-order valence-electron chi connectivity index (χ0n) is 14.0. The summed E-state index contributed by atoms with van der Waals surface area (Å²) >= 11 is 12.2. The third kappa shape index (κ3) is 4.24. The monoisotopic (exact) mass is 378 g/mol. The molecule has 1 aliphatic heterocycles. The van der Waals surface area contributed by atoms with Crippen molar-refractivity contribution in [1.82, 2.24) is 14.8 Å². The standard InChI is InChI=1S/C18H20Cl2N4O/c1-2-23-8-10-24(11-9-23)18(25)16-12-13(6-7-21-16)22-15-5-3-4-14(19)17(15)20/h3-7,12H,2,8-11H2,1H3,(H,21,22). The lowest BCUT2D eigenvalue weighted by Gasteiger charge is -2.33.